The predicted molar refractivity (Wildman–Crippen MR) is 126 cm³/mol. The van der Waals surface area contributed by atoms with Gasteiger partial charge in [-0.15, -0.1) is 0 Å². The lowest BCUT2D eigenvalue weighted by molar-refractivity contribution is -0.124. The summed E-state index contributed by atoms with van der Waals surface area (Å²) in [5.41, 5.74) is 3.94. The Kier molecular flexibility index (Phi) is 4.57. The first-order valence-electron chi connectivity index (χ1n) is 11.5. The van der Waals surface area contributed by atoms with Gasteiger partial charge in [0.25, 0.3) is 0 Å². The van der Waals surface area contributed by atoms with Crippen LogP contribution in [-0.2, 0) is 4.79 Å². The van der Waals surface area contributed by atoms with Crippen molar-refractivity contribution in [2.45, 2.75) is 44.9 Å². The van der Waals surface area contributed by atoms with Gasteiger partial charge >= 0.3 is 0 Å². The minimum absolute atomic E-state index is 0.163. The molecule has 1 aromatic heterocycles. The molecule has 4 fully saturated rings. The van der Waals surface area contributed by atoms with Crippen LogP contribution in [0.5, 0.6) is 0 Å². The van der Waals surface area contributed by atoms with Gasteiger partial charge in [-0.25, -0.2) is 4.98 Å². The van der Waals surface area contributed by atoms with E-state index in [1.54, 1.807) is 0 Å². The minimum Gasteiger partial charge on any atom is -0.325 e. The fraction of sp³-hybridized carbons (Fsp3) is 0.407. The average Bonchev–Trinajstić information content (AvgIpc) is 2.72. The van der Waals surface area contributed by atoms with E-state index in [1.807, 2.05) is 48.5 Å². The summed E-state index contributed by atoms with van der Waals surface area (Å²) in [6, 6.07) is 17.8. The standard InChI is InChI=1S/C27H27ClN2O/c28-21-6-4-20(5-7-21)23-9-8-22-24(29-23)2-1-3-25(22)30-26(31)16-27-13-17-10-18(14-27)12-19(11-17)15-27/h1-9,17-19H,10-16H2,(H,30,31). The third-order valence-electron chi connectivity index (χ3n) is 7.85. The molecule has 2 aromatic carbocycles. The molecule has 4 aliphatic rings. The number of benzene rings is 2. The molecule has 0 unspecified atom stereocenters. The lowest BCUT2D eigenvalue weighted by Gasteiger charge is -2.56. The summed E-state index contributed by atoms with van der Waals surface area (Å²) in [5.74, 6) is 2.77. The van der Waals surface area contributed by atoms with Crippen LogP contribution >= 0.6 is 11.6 Å². The number of aromatic nitrogens is 1. The zero-order valence-electron chi connectivity index (χ0n) is 17.6. The first-order valence-corrected chi connectivity index (χ1v) is 11.9. The van der Waals surface area contributed by atoms with Crippen molar-refractivity contribution in [3.8, 4) is 11.3 Å². The van der Waals surface area contributed by atoms with Crippen LogP contribution in [0, 0.1) is 23.2 Å². The summed E-state index contributed by atoms with van der Waals surface area (Å²) < 4.78 is 0. The van der Waals surface area contributed by atoms with E-state index in [4.69, 9.17) is 16.6 Å². The third-order valence-corrected chi connectivity index (χ3v) is 8.10. The van der Waals surface area contributed by atoms with Gasteiger partial charge in [0.1, 0.15) is 0 Å². The van der Waals surface area contributed by atoms with Crippen LogP contribution in [0.3, 0.4) is 0 Å². The molecule has 1 heterocycles. The van der Waals surface area contributed by atoms with E-state index < -0.39 is 0 Å². The van der Waals surface area contributed by atoms with Gasteiger partial charge in [-0.1, -0.05) is 29.8 Å². The van der Waals surface area contributed by atoms with Gasteiger partial charge in [-0.3, -0.25) is 4.79 Å². The SMILES string of the molecule is O=C(CC12CC3CC(CC(C3)C1)C2)Nc1cccc2nc(-c3ccc(Cl)cc3)ccc12. The highest BCUT2D eigenvalue weighted by Crippen LogP contribution is 2.61. The molecule has 0 spiro atoms. The molecule has 3 nitrogen and oxygen atoms in total. The smallest absolute Gasteiger partial charge is 0.224 e. The second kappa shape index (κ2) is 7.34. The second-order valence-electron chi connectivity index (χ2n) is 10.2. The summed E-state index contributed by atoms with van der Waals surface area (Å²) in [4.78, 5) is 17.9. The quantitative estimate of drug-likeness (QED) is 0.479. The highest BCUT2D eigenvalue weighted by atomic mass is 35.5. The van der Waals surface area contributed by atoms with E-state index in [0.717, 1.165) is 45.6 Å². The Balaban J connectivity index is 1.23. The zero-order chi connectivity index (χ0) is 21.0. The molecule has 158 valence electrons. The summed E-state index contributed by atoms with van der Waals surface area (Å²) in [5, 5.41) is 4.93. The van der Waals surface area contributed by atoms with Gasteiger partial charge in [-0.2, -0.15) is 0 Å². The number of rotatable bonds is 4. The zero-order valence-corrected chi connectivity index (χ0v) is 18.4. The van der Waals surface area contributed by atoms with Crippen molar-refractivity contribution in [3.05, 3.63) is 59.6 Å². The first kappa shape index (κ1) is 19.3. The van der Waals surface area contributed by atoms with E-state index >= 15 is 0 Å². The van der Waals surface area contributed by atoms with E-state index in [1.165, 1.54) is 38.5 Å². The van der Waals surface area contributed by atoms with Gasteiger partial charge in [-0.05, 0) is 98.1 Å². The summed E-state index contributed by atoms with van der Waals surface area (Å²) in [7, 11) is 0. The molecule has 4 saturated carbocycles. The van der Waals surface area contributed by atoms with Crippen molar-refractivity contribution in [2.75, 3.05) is 5.32 Å². The number of pyridine rings is 1. The summed E-state index contributed by atoms with van der Waals surface area (Å²) in [6.45, 7) is 0. The van der Waals surface area contributed by atoms with Crippen LogP contribution in [0.2, 0.25) is 5.02 Å². The van der Waals surface area contributed by atoms with Crippen molar-refractivity contribution in [1.29, 1.82) is 0 Å². The molecule has 0 radical (unpaired) electrons. The number of halogens is 1. The Labute approximate surface area is 188 Å². The van der Waals surface area contributed by atoms with Crippen LogP contribution in [0.4, 0.5) is 5.69 Å². The molecule has 0 saturated heterocycles. The van der Waals surface area contributed by atoms with Crippen molar-refractivity contribution in [3.63, 3.8) is 0 Å². The van der Waals surface area contributed by atoms with Crippen LogP contribution in [0.15, 0.2) is 54.6 Å². The Morgan fingerprint density at radius 1 is 0.935 bits per heavy atom. The number of carbonyl (C=O) groups is 1. The Bertz CT molecular complexity index is 1120. The van der Waals surface area contributed by atoms with Gasteiger partial charge in [0.15, 0.2) is 0 Å². The summed E-state index contributed by atoms with van der Waals surface area (Å²) in [6.07, 6.45) is 8.67. The fourth-order valence-corrected chi connectivity index (χ4v) is 7.21. The number of anilines is 1. The van der Waals surface area contributed by atoms with E-state index in [9.17, 15) is 4.79 Å². The molecule has 7 rings (SSSR count). The maximum absolute atomic E-state index is 13.1. The lowest BCUT2D eigenvalue weighted by Crippen LogP contribution is -2.47. The Morgan fingerprint density at radius 2 is 1.61 bits per heavy atom. The normalized spacial score (nSPS) is 28.7. The van der Waals surface area contributed by atoms with Crippen molar-refractivity contribution < 1.29 is 4.79 Å². The molecule has 0 atom stereocenters. The predicted octanol–water partition coefficient (Wildman–Crippen LogP) is 7.10. The average molecular weight is 431 g/mol. The number of hydrogen-bond acceptors (Lipinski definition) is 2. The molecule has 31 heavy (non-hydrogen) atoms. The second-order valence-corrected chi connectivity index (χ2v) is 10.7. The first-order chi connectivity index (χ1) is 15.1. The van der Waals surface area contributed by atoms with E-state index in [-0.39, 0.29) is 11.3 Å². The van der Waals surface area contributed by atoms with Crippen molar-refractivity contribution in [2.24, 2.45) is 23.2 Å². The van der Waals surface area contributed by atoms with Gasteiger partial charge in [0.05, 0.1) is 16.9 Å². The topological polar surface area (TPSA) is 42.0 Å². The van der Waals surface area contributed by atoms with Gasteiger partial charge in [0.2, 0.25) is 5.91 Å². The maximum atomic E-state index is 13.1. The Hall–Kier alpha value is -2.39. The molecule has 1 amide bonds. The number of amides is 1. The number of fused-ring (bicyclic) bond motifs is 1. The molecule has 0 aliphatic heterocycles. The van der Waals surface area contributed by atoms with Crippen LogP contribution in [0.25, 0.3) is 22.2 Å². The van der Waals surface area contributed by atoms with Gasteiger partial charge < -0.3 is 5.32 Å². The molecule has 3 aromatic rings. The molecular weight excluding hydrogens is 404 g/mol. The molecule has 4 bridgehead atoms. The minimum atomic E-state index is 0.163. The number of carbonyl (C=O) groups excluding carboxylic acids is 1. The third kappa shape index (κ3) is 3.63. The number of nitrogens with zero attached hydrogens (tertiary/aromatic N) is 1. The number of hydrogen-bond donors (Lipinski definition) is 1. The lowest BCUT2D eigenvalue weighted by atomic mass is 9.49. The van der Waals surface area contributed by atoms with Crippen LogP contribution in [-0.4, -0.2) is 10.9 Å². The van der Waals surface area contributed by atoms with Crippen LogP contribution in [0.1, 0.15) is 44.9 Å². The molecular formula is C27H27ClN2O. The van der Waals surface area contributed by atoms with Crippen LogP contribution < -0.4 is 5.32 Å². The van der Waals surface area contributed by atoms with Crippen molar-refractivity contribution in [1.82, 2.24) is 4.98 Å². The molecule has 4 heteroatoms. The van der Waals surface area contributed by atoms with E-state index in [0.29, 0.717) is 11.4 Å². The molecule has 1 N–H and O–H groups in total. The summed E-state index contributed by atoms with van der Waals surface area (Å²) >= 11 is 6.01. The maximum Gasteiger partial charge on any atom is 0.224 e. The number of nitrogens with one attached hydrogen (secondary N) is 1. The van der Waals surface area contributed by atoms with Crippen molar-refractivity contribution >= 4 is 34.1 Å². The van der Waals surface area contributed by atoms with E-state index in [2.05, 4.69) is 11.4 Å². The fourth-order valence-electron chi connectivity index (χ4n) is 7.09. The monoisotopic (exact) mass is 430 g/mol. The Morgan fingerprint density at radius 3 is 2.29 bits per heavy atom. The largest absolute Gasteiger partial charge is 0.325 e. The molecule has 4 aliphatic carbocycles. The highest BCUT2D eigenvalue weighted by molar-refractivity contribution is 6.30. The van der Waals surface area contributed by atoms with Gasteiger partial charge in [0, 0.05) is 22.4 Å². The highest BCUT2D eigenvalue weighted by Gasteiger charge is 2.51.